The molecule has 0 unspecified atom stereocenters. The third-order valence-electron chi connectivity index (χ3n) is 7.07. The van der Waals surface area contributed by atoms with Gasteiger partial charge in [-0.15, -0.1) is 0 Å². The van der Waals surface area contributed by atoms with E-state index in [0.29, 0.717) is 63.7 Å². The summed E-state index contributed by atoms with van der Waals surface area (Å²) in [6.45, 7) is 6.01. The maximum absolute atomic E-state index is 13.1. The molecule has 0 atom stereocenters. The smallest absolute Gasteiger partial charge is 0.243 e. The minimum absolute atomic E-state index is 0.174. The first-order valence-electron chi connectivity index (χ1n) is 12.3. The zero-order chi connectivity index (χ0) is 24.1. The van der Waals surface area contributed by atoms with Gasteiger partial charge in [-0.2, -0.15) is 4.31 Å². The van der Waals surface area contributed by atoms with E-state index >= 15 is 0 Å². The van der Waals surface area contributed by atoms with Crippen molar-refractivity contribution in [3.05, 3.63) is 23.8 Å². The van der Waals surface area contributed by atoms with Crippen LogP contribution in [0.25, 0.3) is 0 Å². The van der Waals surface area contributed by atoms with Crippen LogP contribution in [0.15, 0.2) is 23.1 Å². The fourth-order valence-corrected chi connectivity index (χ4v) is 6.68. The maximum Gasteiger partial charge on any atom is 0.243 e. The molecule has 2 amide bonds. The number of carbonyl (C=O) groups is 2. The van der Waals surface area contributed by atoms with Crippen LogP contribution in [-0.2, 0) is 24.3 Å². The molecule has 9 nitrogen and oxygen atoms in total. The summed E-state index contributed by atoms with van der Waals surface area (Å²) in [4.78, 5) is 29.6. The average molecular weight is 493 g/mol. The van der Waals surface area contributed by atoms with E-state index in [9.17, 15) is 18.0 Å². The molecule has 2 aliphatic heterocycles. The van der Waals surface area contributed by atoms with Crippen molar-refractivity contribution in [2.75, 3.05) is 64.3 Å². The van der Waals surface area contributed by atoms with Gasteiger partial charge >= 0.3 is 0 Å². The van der Waals surface area contributed by atoms with Crippen LogP contribution in [0.5, 0.6) is 0 Å². The van der Waals surface area contributed by atoms with Crippen molar-refractivity contribution in [1.82, 2.24) is 14.1 Å². The second kappa shape index (κ2) is 11.2. The van der Waals surface area contributed by atoms with Crippen molar-refractivity contribution < 1.29 is 22.7 Å². The second-order valence-corrected chi connectivity index (χ2v) is 11.4. The number of ether oxygens (including phenoxy) is 1. The number of morpholine rings is 1. The lowest BCUT2D eigenvalue weighted by molar-refractivity contribution is -0.138. The normalized spacial score (nSPS) is 21.4. The summed E-state index contributed by atoms with van der Waals surface area (Å²) < 4.78 is 32.9. The Hall–Kier alpha value is -2.01. The Bertz CT molecular complexity index is 979. The Morgan fingerprint density at radius 3 is 2.35 bits per heavy atom. The fourth-order valence-electron chi connectivity index (χ4n) is 5.02. The van der Waals surface area contributed by atoms with Crippen molar-refractivity contribution in [2.45, 2.75) is 43.9 Å². The number of amides is 2. The molecular formula is C24H36N4O5S. The molecule has 0 bridgehead atoms. The lowest BCUT2D eigenvalue weighted by Gasteiger charge is -2.36. The van der Waals surface area contributed by atoms with Gasteiger partial charge < -0.3 is 15.0 Å². The van der Waals surface area contributed by atoms with Crippen LogP contribution in [0.4, 0.5) is 5.69 Å². The van der Waals surface area contributed by atoms with Gasteiger partial charge in [0.1, 0.15) is 0 Å². The van der Waals surface area contributed by atoms with Gasteiger partial charge in [-0.05, 0) is 37.5 Å². The van der Waals surface area contributed by atoms with E-state index in [0.717, 1.165) is 25.7 Å². The van der Waals surface area contributed by atoms with E-state index in [4.69, 9.17) is 4.74 Å². The maximum atomic E-state index is 13.1. The first kappa shape index (κ1) is 25.1. The zero-order valence-corrected chi connectivity index (χ0v) is 20.8. The van der Waals surface area contributed by atoms with Gasteiger partial charge in [-0.25, -0.2) is 8.42 Å². The lowest BCUT2D eigenvalue weighted by Crippen LogP contribution is -2.52. The molecule has 1 N–H and O–H groups in total. The van der Waals surface area contributed by atoms with Crippen molar-refractivity contribution in [2.24, 2.45) is 5.92 Å². The number of anilines is 1. The molecule has 1 aliphatic carbocycles. The molecule has 34 heavy (non-hydrogen) atoms. The minimum atomic E-state index is -3.65. The highest BCUT2D eigenvalue weighted by Crippen LogP contribution is 2.26. The van der Waals surface area contributed by atoms with Crippen LogP contribution >= 0.6 is 0 Å². The van der Waals surface area contributed by atoms with Gasteiger partial charge in [-0.1, -0.05) is 25.3 Å². The number of aryl methyl sites for hydroxylation is 1. The standard InChI is InChI=1S/C24H36N4O5S/c1-19-7-8-21(17-22(19)34(31,32)28-13-15-33-16-14-28)25-23(29)18-26-9-11-27(12-10-26)24(30)20-5-3-2-4-6-20/h7-8,17,20H,2-6,9-16,18H2,1H3,(H,25,29). The van der Waals surface area contributed by atoms with Crippen LogP contribution in [0, 0.1) is 12.8 Å². The highest BCUT2D eigenvalue weighted by atomic mass is 32.2. The molecule has 3 fully saturated rings. The Morgan fingerprint density at radius 1 is 1.00 bits per heavy atom. The summed E-state index contributed by atoms with van der Waals surface area (Å²) in [5.41, 5.74) is 1.11. The van der Waals surface area contributed by atoms with Gasteiger partial charge in [0, 0.05) is 50.9 Å². The molecule has 1 aromatic carbocycles. The van der Waals surface area contributed by atoms with Crippen LogP contribution in [0.1, 0.15) is 37.7 Å². The van der Waals surface area contributed by atoms with E-state index in [1.54, 1.807) is 25.1 Å². The first-order valence-corrected chi connectivity index (χ1v) is 13.8. The van der Waals surface area contributed by atoms with E-state index in [1.165, 1.54) is 10.7 Å². The van der Waals surface area contributed by atoms with Crippen molar-refractivity contribution in [3.63, 3.8) is 0 Å². The molecule has 0 aromatic heterocycles. The Balaban J connectivity index is 1.30. The summed E-state index contributed by atoms with van der Waals surface area (Å²) in [6, 6.07) is 4.99. The molecule has 4 rings (SSSR count). The molecule has 3 aliphatic rings. The van der Waals surface area contributed by atoms with Gasteiger partial charge in [-0.3, -0.25) is 14.5 Å². The number of piperazine rings is 1. The third-order valence-corrected chi connectivity index (χ3v) is 9.11. The summed E-state index contributed by atoms with van der Waals surface area (Å²) >= 11 is 0. The molecular weight excluding hydrogens is 456 g/mol. The van der Waals surface area contributed by atoms with Crippen molar-refractivity contribution >= 4 is 27.5 Å². The molecule has 1 saturated carbocycles. The quantitative estimate of drug-likeness (QED) is 0.649. The predicted octanol–water partition coefficient (Wildman–Crippen LogP) is 1.68. The summed E-state index contributed by atoms with van der Waals surface area (Å²) in [5.74, 6) is 0.260. The SMILES string of the molecule is Cc1ccc(NC(=O)CN2CCN(C(=O)C3CCCCC3)CC2)cc1S(=O)(=O)N1CCOCC1. The Kier molecular flexibility index (Phi) is 8.23. The van der Waals surface area contributed by atoms with Crippen molar-refractivity contribution in [3.8, 4) is 0 Å². The number of nitrogens with zero attached hydrogens (tertiary/aromatic N) is 3. The number of sulfonamides is 1. The molecule has 1 aromatic rings. The topological polar surface area (TPSA) is 99.3 Å². The predicted molar refractivity (Wildman–Crippen MR) is 129 cm³/mol. The van der Waals surface area contributed by atoms with Crippen LogP contribution in [0.3, 0.4) is 0 Å². The molecule has 2 saturated heterocycles. The third kappa shape index (κ3) is 5.97. The summed E-state index contributed by atoms with van der Waals surface area (Å²) in [7, 11) is -3.65. The number of hydrogen-bond acceptors (Lipinski definition) is 6. The van der Waals surface area contributed by atoms with Crippen LogP contribution in [0.2, 0.25) is 0 Å². The van der Waals surface area contributed by atoms with E-state index in [-0.39, 0.29) is 29.2 Å². The van der Waals surface area contributed by atoms with Gasteiger partial charge in [0.25, 0.3) is 0 Å². The minimum Gasteiger partial charge on any atom is -0.379 e. The fraction of sp³-hybridized carbons (Fsp3) is 0.667. The largest absolute Gasteiger partial charge is 0.379 e. The molecule has 10 heteroatoms. The molecule has 2 heterocycles. The number of carbonyl (C=O) groups excluding carboxylic acids is 2. The van der Waals surface area contributed by atoms with E-state index in [1.807, 2.05) is 9.80 Å². The first-order chi connectivity index (χ1) is 16.3. The van der Waals surface area contributed by atoms with E-state index < -0.39 is 10.0 Å². The summed E-state index contributed by atoms with van der Waals surface area (Å²) in [6.07, 6.45) is 5.52. The number of benzene rings is 1. The van der Waals surface area contributed by atoms with E-state index in [2.05, 4.69) is 5.32 Å². The number of nitrogens with one attached hydrogen (secondary N) is 1. The van der Waals surface area contributed by atoms with Gasteiger partial charge in [0.05, 0.1) is 24.7 Å². The zero-order valence-electron chi connectivity index (χ0n) is 20.0. The lowest BCUT2D eigenvalue weighted by atomic mass is 9.88. The molecule has 188 valence electrons. The van der Waals surface area contributed by atoms with Gasteiger partial charge in [0.2, 0.25) is 21.8 Å². The molecule has 0 spiro atoms. The average Bonchev–Trinajstić information content (AvgIpc) is 2.86. The van der Waals surface area contributed by atoms with Crippen LogP contribution < -0.4 is 5.32 Å². The highest BCUT2D eigenvalue weighted by Gasteiger charge is 2.30. The van der Waals surface area contributed by atoms with Gasteiger partial charge in [0.15, 0.2) is 0 Å². The number of hydrogen-bond donors (Lipinski definition) is 1. The monoisotopic (exact) mass is 492 g/mol. The second-order valence-electron chi connectivity index (χ2n) is 9.48. The molecule has 0 radical (unpaired) electrons. The van der Waals surface area contributed by atoms with Crippen LogP contribution in [-0.4, -0.2) is 93.4 Å². The Morgan fingerprint density at radius 2 is 1.68 bits per heavy atom. The highest BCUT2D eigenvalue weighted by molar-refractivity contribution is 7.89. The summed E-state index contributed by atoms with van der Waals surface area (Å²) in [5, 5.41) is 2.85. The van der Waals surface area contributed by atoms with Crippen molar-refractivity contribution in [1.29, 1.82) is 0 Å². The number of rotatable bonds is 6. The Labute approximate surface area is 202 Å².